The monoisotopic (exact) mass is 301 g/mol. The van der Waals surface area contributed by atoms with Gasteiger partial charge in [-0.25, -0.2) is 0 Å². The van der Waals surface area contributed by atoms with Crippen LogP contribution < -0.4 is 5.32 Å². The summed E-state index contributed by atoms with van der Waals surface area (Å²) >= 11 is 3.26. The summed E-state index contributed by atoms with van der Waals surface area (Å²) in [7, 11) is 3.17. The average Bonchev–Trinajstić information content (AvgIpc) is 2.72. The summed E-state index contributed by atoms with van der Waals surface area (Å²) in [6.45, 7) is 0.505. The number of nitrogens with one attached hydrogen (secondary N) is 1. The highest BCUT2D eigenvalue weighted by Gasteiger charge is 2.07. The predicted molar refractivity (Wildman–Crippen MR) is 64.8 cm³/mol. The van der Waals surface area contributed by atoms with Gasteiger partial charge in [-0.2, -0.15) is 4.52 Å². The molecule has 2 heterocycles. The van der Waals surface area contributed by atoms with Gasteiger partial charge in [-0.3, -0.25) is 0 Å². The van der Waals surface area contributed by atoms with Crippen LogP contribution in [0, 0.1) is 0 Å². The molecule has 0 aliphatic rings. The lowest BCUT2D eigenvalue weighted by atomic mass is 10.5. The van der Waals surface area contributed by atoms with E-state index in [0.717, 1.165) is 0 Å². The third kappa shape index (κ3) is 2.71. The van der Waals surface area contributed by atoms with E-state index in [1.165, 1.54) is 0 Å². The van der Waals surface area contributed by atoms with Crippen molar-refractivity contribution in [2.75, 3.05) is 26.1 Å². The van der Waals surface area contributed by atoms with Crippen LogP contribution in [-0.4, -0.2) is 46.9 Å². The molecule has 0 radical (unpaired) electrons. The first kappa shape index (κ1) is 12.2. The summed E-state index contributed by atoms with van der Waals surface area (Å²) in [6, 6.07) is 3.64. The van der Waals surface area contributed by atoms with E-state index >= 15 is 0 Å². The smallest absolute Gasteiger partial charge is 0.221 e. The summed E-state index contributed by atoms with van der Waals surface area (Å²) < 4.78 is 12.3. The Balaban J connectivity index is 2.11. The highest BCUT2D eigenvalue weighted by atomic mass is 79.9. The first-order chi connectivity index (χ1) is 8.24. The van der Waals surface area contributed by atoms with Gasteiger partial charge in [0.1, 0.15) is 5.82 Å². The van der Waals surface area contributed by atoms with Crippen molar-refractivity contribution in [1.82, 2.24) is 19.8 Å². The number of methoxy groups -OCH3 is 2. The minimum atomic E-state index is -0.308. The van der Waals surface area contributed by atoms with Gasteiger partial charge in [0, 0.05) is 14.2 Å². The molecule has 0 bridgehead atoms. The minimum absolute atomic E-state index is 0.308. The first-order valence-electron chi connectivity index (χ1n) is 4.92. The third-order valence-electron chi connectivity index (χ3n) is 2.20. The number of nitrogens with zero attached hydrogens (tertiary/aromatic N) is 4. The van der Waals surface area contributed by atoms with Crippen LogP contribution in [0.2, 0.25) is 0 Å². The van der Waals surface area contributed by atoms with Gasteiger partial charge in [-0.1, -0.05) is 0 Å². The van der Waals surface area contributed by atoms with Gasteiger partial charge in [0.25, 0.3) is 0 Å². The molecule has 92 valence electrons. The van der Waals surface area contributed by atoms with E-state index in [0.29, 0.717) is 22.7 Å². The molecule has 0 amide bonds. The number of anilines is 1. The van der Waals surface area contributed by atoms with E-state index in [9.17, 15) is 0 Å². The van der Waals surface area contributed by atoms with Gasteiger partial charge in [-0.15, -0.1) is 15.3 Å². The number of ether oxygens (including phenoxy) is 2. The number of fused-ring (bicyclic) bond motifs is 1. The second kappa shape index (κ2) is 5.39. The number of hydrogen-bond acceptors (Lipinski definition) is 6. The maximum absolute atomic E-state index is 5.06. The fourth-order valence-corrected chi connectivity index (χ4v) is 1.65. The van der Waals surface area contributed by atoms with Crippen molar-refractivity contribution >= 4 is 27.4 Å². The zero-order chi connectivity index (χ0) is 12.3. The van der Waals surface area contributed by atoms with Crippen LogP contribution in [0.1, 0.15) is 0 Å². The van der Waals surface area contributed by atoms with Crippen molar-refractivity contribution in [1.29, 1.82) is 0 Å². The Morgan fingerprint density at radius 1 is 1.35 bits per heavy atom. The normalized spacial score (nSPS) is 11.3. The van der Waals surface area contributed by atoms with Gasteiger partial charge in [-0.05, 0) is 28.1 Å². The van der Waals surface area contributed by atoms with E-state index in [2.05, 4.69) is 36.5 Å². The van der Waals surface area contributed by atoms with Crippen molar-refractivity contribution in [3.63, 3.8) is 0 Å². The number of hydrogen-bond donors (Lipinski definition) is 1. The second-order valence-corrected chi connectivity index (χ2v) is 3.95. The van der Waals surface area contributed by atoms with Crippen molar-refractivity contribution in [2.24, 2.45) is 0 Å². The van der Waals surface area contributed by atoms with E-state index in [-0.39, 0.29) is 6.29 Å². The maximum Gasteiger partial charge on any atom is 0.221 e. The molecule has 2 rings (SSSR count). The molecule has 2 aromatic heterocycles. The maximum atomic E-state index is 5.06. The Morgan fingerprint density at radius 2 is 2.12 bits per heavy atom. The lowest BCUT2D eigenvalue weighted by Crippen LogP contribution is -2.24. The van der Waals surface area contributed by atoms with E-state index < -0.39 is 0 Å². The lowest BCUT2D eigenvalue weighted by molar-refractivity contribution is -0.0914. The van der Waals surface area contributed by atoms with Crippen LogP contribution in [0.15, 0.2) is 16.9 Å². The van der Waals surface area contributed by atoms with Crippen LogP contribution in [0.3, 0.4) is 0 Å². The molecule has 8 heteroatoms. The minimum Gasteiger partial charge on any atom is -0.364 e. The Hall–Kier alpha value is -1.25. The summed E-state index contributed by atoms with van der Waals surface area (Å²) in [5, 5.41) is 15.2. The first-order valence-corrected chi connectivity index (χ1v) is 5.71. The van der Waals surface area contributed by atoms with Gasteiger partial charge in [0.2, 0.25) is 4.73 Å². The predicted octanol–water partition coefficient (Wildman–Crippen LogP) is 0.918. The van der Waals surface area contributed by atoms with Crippen LogP contribution in [0.25, 0.3) is 5.65 Å². The summed E-state index contributed by atoms with van der Waals surface area (Å²) in [4.78, 5) is 0. The fraction of sp³-hybridized carbons (Fsp3) is 0.444. The molecule has 0 aromatic carbocycles. The third-order valence-corrected chi connectivity index (χ3v) is 2.69. The molecule has 0 fully saturated rings. The van der Waals surface area contributed by atoms with Crippen molar-refractivity contribution < 1.29 is 9.47 Å². The standard InChI is InChI=1S/C9H12BrN5O2/c1-16-8(17-2)5-11-6-3-4-7-12-13-9(10)15(7)14-6/h3-4,8H,5H2,1-2H3,(H,11,14). The molecular formula is C9H12BrN5O2. The molecule has 0 spiro atoms. The van der Waals surface area contributed by atoms with Crippen molar-refractivity contribution in [2.45, 2.75) is 6.29 Å². The number of aromatic nitrogens is 4. The van der Waals surface area contributed by atoms with Crippen LogP contribution >= 0.6 is 15.9 Å². The largest absolute Gasteiger partial charge is 0.364 e. The fourth-order valence-electron chi connectivity index (χ4n) is 1.31. The molecule has 0 unspecified atom stereocenters. The van der Waals surface area contributed by atoms with Gasteiger partial charge < -0.3 is 14.8 Å². The Kier molecular flexibility index (Phi) is 3.87. The molecule has 0 atom stereocenters. The van der Waals surface area contributed by atoms with E-state index in [1.54, 1.807) is 18.7 Å². The molecule has 17 heavy (non-hydrogen) atoms. The summed E-state index contributed by atoms with van der Waals surface area (Å²) in [5.74, 6) is 0.692. The second-order valence-electron chi connectivity index (χ2n) is 3.24. The Bertz CT molecular complexity index is 499. The van der Waals surface area contributed by atoms with Gasteiger partial charge in [0.05, 0.1) is 6.54 Å². The highest BCUT2D eigenvalue weighted by Crippen LogP contribution is 2.10. The van der Waals surface area contributed by atoms with Crippen molar-refractivity contribution in [3.05, 3.63) is 16.9 Å². The Morgan fingerprint density at radius 3 is 2.82 bits per heavy atom. The lowest BCUT2D eigenvalue weighted by Gasteiger charge is -2.14. The molecule has 0 aliphatic carbocycles. The quantitative estimate of drug-likeness (QED) is 0.828. The SMILES string of the molecule is COC(CNc1ccc2nnc(Br)n2n1)OC. The number of rotatable bonds is 5. The average molecular weight is 302 g/mol. The van der Waals surface area contributed by atoms with Crippen molar-refractivity contribution in [3.8, 4) is 0 Å². The topological polar surface area (TPSA) is 73.6 Å². The van der Waals surface area contributed by atoms with E-state index in [1.807, 2.05) is 12.1 Å². The molecule has 2 aromatic rings. The molecule has 7 nitrogen and oxygen atoms in total. The summed E-state index contributed by atoms with van der Waals surface area (Å²) in [5.41, 5.74) is 0.678. The summed E-state index contributed by atoms with van der Waals surface area (Å²) in [6.07, 6.45) is -0.308. The van der Waals surface area contributed by atoms with E-state index in [4.69, 9.17) is 9.47 Å². The van der Waals surface area contributed by atoms with Crippen LogP contribution in [-0.2, 0) is 9.47 Å². The van der Waals surface area contributed by atoms with Crippen LogP contribution in [0.5, 0.6) is 0 Å². The Labute approximate surface area is 106 Å². The molecular weight excluding hydrogens is 290 g/mol. The number of halogens is 1. The molecule has 0 saturated carbocycles. The molecule has 0 saturated heterocycles. The van der Waals surface area contributed by atoms with Crippen LogP contribution in [0.4, 0.5) is 5.82 Å². The zero-order valence-electron chi connectivity index (χ0n) is 9.42. The molecule has 0 aliphatic heterocycles. The zero-order valence-corrected chi connectivity index (χ0v) is 11.0. The highest BCUT2D eigenvalue weighted by molar-refractivity contribution is 9.10. The molecule has 1 N–H and O–H groups in total. The van der Waals surface area contributed by atoms with Gasteiger partial charge >= 0.3 is 0 Å². The van der Waals surface area contributed by atoms with Gasteiger partial charge in [0.15, 0.2) is 11.9 Å².